The second kappa shape index (κ2) is 7.67. The van der Waals surface area contributed by atoms with Crippen LogP contribution >= 0.6 is 0 Å². The predicted octanol–water partition coefficient (Wildman–Crippen LogP) is 0.757. The van der Waals surface area contributed by atoms with E-state index >= 15 is 0 Å². The molecule has 4 nitrogen and oxygen atoms in total. The summed E-state index contributed by atoms with van der Waals surface area (Å²) < 4.78 is 0. The summed E-state index contributed by atoms with van der Waals surface area (Å²) >= 11 is 0. The lowest BCUT2D eigenvalue weighted by Gasteiger charge is -2.30. The third-order valence-corrected chi connectivity index (χ3v) is 3.80. The molecule has 1 amide bonds. The van der Waals surface area contributed by atoms with Crippen LogP contribution in [0.3, 0.4) is 0 Å². The van der Waals surface area contributed by atoms with E-state index in [0.717, 1.165) is 19.4 Å². The minimum Gasteiger partial charge on any atom is -0.396 e. The van der Waals surface area contributed by atoms with Gasteiger partial charge in [-0.3, -0.25) is 4.79 Å². The molecule has 3 unspecified atom stereocenters. The number of amides is 1. The van der Waals surface area contributed by atoms with E-state index in [1.54, 1.807) is 0 Å². The predicted molar refractivity (Wildman–Crippen MR) is 68.6 cm³/mol. The number of hydrogen-bond acceptors (Lipinski definition) is 3. The molecule has 1 aliphatic carbocycles. The standard InChI is InChI=1S/C13H26N2O2/c1-10(7-14-2)13(17)15-8-11-5-3-4-6-12(11)9-16/h10-12,14,16H,3-9H2,1-2H3,(H,15,17). The zero-order chi connectivity index (χ0) is 12.7. The summed E-state index contributed by atoms with van der Waals surface area (Å²) in [7, 11) is 1.85. The Labute approximate surface area is 104 Å². The van der Waals surface area contributed by atoms with Gasteiger partial charge < -0.3 is 15.7 Å². The maximum absolute atomic E-state index is 11.8. The van der Waals surface area contributed by atoms with Crippen molar-refractivity contribution in [1.82, 2.24) is 10.6 Å². The Morgan fingerprint density at radius 1 is 1.35 bits per heavy atom. The second-order valence-corrected chi connectivity index (χ2v) is 5.19. The topological polar surface area (TPSA) is 61.4 Å². The summed E-state index contributed by atoms with van der Waals surface area (Å²) in [4.78, 5) is 11.8. The van der Waals surface area contributed by atoms with Crippen molar-refractivity contribution in [1.29, 1.82) is 0 Å². The number of hydrogen-bond donors (Lipinski definition) is 3. The Bertz CT molecular complexity index is 233. The molecular weight excluding hydrogens is 216 g/mol. The molecule has 1 rings (SSSR count). The minimum atomic E-state index is 0.0103. The summed E-state index contributed by atoms with van der Waals surface area (Å²) in [6.45, 7) is 3.61. The van der Waals surface area contributed by atoms with Crippen LogP contribution in [0.15, 0.2) is 0 Å². The first-order valence-corrected chi connectivity index (χ1v) is 6.72. The maximum Gasteiger partial charge on any atom is 0.224 e. The molecule has 0 aliphatic heterocycles. The fourth-order valence-electron chi connectivity index (χ4n) is 2.60. The number of carbonyl (C=O) groups is 1. The Morgan fingerprint density at radius 2 is 2.00 bits per heavy atom. The lowest BCUT2D eigenvalue weighted by molar-refractivity contribution is -0.124. The number of rotatable bonds is 6. The summed E-state index contributed by atoms with van der Waals surface area (Å²) in [5, 5.41) is 15.3. The second-order valence-electron chi connectivity index (χ2n) is 5.19. The zero-order valence-electron chi connectivity index (χ0n) is 11.0. The Balaban J connectivity index is 2.30. The molecule has 3 N–H and O–H groups in total. The molecule has 1 saturated carbocycles. The van der Waals surface area contributed by atoms with Crippen LogP contribution in [-0.4, -0.2) is 37.8 Å². The Kier molecular flexibility index (Phi) is 6.52. The largest absolute Gasteiger partial charge is 0.396 e. The number of aliphatic hydroxyl groups excluding tert-OH is 1. The molecule has 1 aliphatic rings. The van der Waals surface area contributed by atoms with E-state index in [1.807, 2.05) is 14.0 Å². The molecule has 0 spiro atoms. The van der Waals surface area contributed by atoms with Gasteiger partial charge in [0.2, 0.25) is 5.91 Å². The molecule has 0 heterocycles. The van der Waals surface area contributed by atoms with Crippen LogP contribution in [0.25, 0.3) is 0 Å². The van der Waals surface area contributed by atoms with E-state index in [1.165, 1.54) is 12.8 Å². The molecule has 0 bridgehead atoms. The van der Waals surface area contributed by atoms with Crippen LogP contribution in [0.4, 0.5) is 0 Å². The van der Waals surface area contributed by atoms with Gasteiger partial charge in [-0.25, -0.2) is 0 Å². The lowest BCUT2D eigenvalue weighted by Crippen LogP contribution is -2.39. The average Bonchev–Trinajstić information content (AvgIpc) is 2.36. The zero-order valence-corrected chi connectivity index (χ0v) is 11.0. The molecule has 0 radical (unpaired) electrons. The van der Waals surface area contributed by atoms with E-state index in [2.05, 4.69) is 10.6 Å². The fourth-order valence-corrected chi connectivity index (χ4v) is 2.60. The molecule has 17 heavy (non-hydrogen) atoms. The summed E-state index contributed by atoms with van der Waals surface area (Å²) in [6, 6.07) is 0. The van der Waals surface area contributed by atoms with Crippen molar-refractivity contribution in [3.05, 3.63) is 0 Å². The molecule has 4 heteroatoms. The third kappa shape index (κ3) is 4.64. The molecule has 3 atom stereocenters. The van der Waals surface area contributed by atoms with Crippen LogP contribution in [0.2, 0.25) is 0 Å². The first kappa shape index (κ1) is 14.5. The monoisotopic (exact) mass is 242 g/mol. The fraction of sp³-hybridized carbons (Fsp3) is 0.923. The molecule has 100 valence electrons. The van der Waals surface area contributed by atoms with Crippen molar-refractivity contribution in [2.75, 3.05) is 26.7 Å². The average molecular weight is 242 g/mol. The SMILES string of the molecule is CNCC(C)C(=O)NCC1CCCCC1CO. The van der Waals surface area contributed by atoms with Gasteiger partial charge in [-0.2, -0.15) is 0 Å². The lowest BCUT2D eigenvalue weighted by atomic mass is 9.79. The molecule has 0 saturated heterocycles. The van der Waals surface area contributed by atoms with Crippen molar-refractivity contribution in [3.63, 3.8) is 0 Å². The van der Waals surface area contributed by atoms with E-state index in [-0.39, 0.29) is 18.4 Å². The van der Waals surface area contributed by atoms with E-state index in [0.29, 0.717) is 18.4 Å². The third-order valence-electron chi connectivity index (χ3n) is 3.80. The number of nitrogens with one attached hydrogen (secondary N) is 2. The van der Waals surface area contributed by atoms with Crippen molar-refractivity contribution in [3.8, 4) is 0 Å². The normalized spacial score (nSPS) is 26.5. The highest BCUT2D eigenvalue weighted by Crippen LogP contribution is 2.29. The first-order chi connectivity index (χ1) is 8.19. The van der Waals surface area contributed by atoms with Crippen LogP contribution in [0.1, 0.15) is 32.6 Å². The van der Waals surface area contributed by atoms with Gasteiger partial charge in [0, 0.05) is 25.6 Å². The van der Waals surface area contributed by atoms with Gasteiger partial charge >= 0.3 is 0 Å². The van der Waals surface area contributed by atoms with Gasteiger partial charge in [0.25, 0.3) is 0 Å². The van der Waals surface area contributed by atoms with Gasteiger partial charge in [0.05, 0.1) is 0 Å². The Morgan fingerprint density at radius 3 is 2.59 bits per heavy atom. The van der Waals surface area contributed by atoms with Crippen molar-refractivity contribution >= 4 is 5.91 Å². The van der Waals surface area contributed by atoms with Gasteiger partial charge in [0.15, 0.2) is 0 Å². The van der Waals surface area contributed by atoms with Gasteiger partial charge in [-0.15, -0.1) is 0 Å². The van der Waals surface area contributed by atoms with E-state index in [4.69, 9.17) is 0 Å². The van der Waals surface area contributed by atoms with Crippen molar-refractivity contribution in [2.45, 2.75) is 32.6 Å². The summed E-state index contributed by atoms with van der Waals surface area (Å²) in [5.41, 5.74) is 0. The number of carbonyl (C=O) groups excluding carboxylic acids is 1. The van der Waals surface area contributed by atoms with Crippen LogP contribution in [0.5, 0.6) is 0 Å². The smallest absolute Gasteiger partial charge is 0.224 e. The van der Waals surface area contributed by atoms with Crippen molar-refractivity contribution in [2.24, 2.45) is 17.8 Å². The van der Waals surface area contributed by atoms with E-state index in [9.17, 15) is 9.90 Å². The van der Waals surface area contributed by atoms with Gasteiger partial charge in [-0.1, -0.05) is 19.8 Å². The molecular formula is C13H26N2O2. The highest BCUT2D eigenvalue weighted by molar-refractivity contribution is 5.78. The van der Waals surface area contributed by atoms with E-state index < -0.39 is 0 Å². The molecule has 0 aromatic heterocycles. The van der Waals surface area contributed by atoms with Crippen LogP contribution < -0.4 is 10.6 Å². The van der Waals surface area contributed by atoms with Gasteiger partial charge in [0.1, 0.15) is 0 Å². The van der Waals surface area contributed by atoms with Gasteiger partial charge in [-0.05, 0) is 31.7 Å². The number of aliphatic hydroxyl groups is 1. The molecule has 1 fully saturated rings. The van der Waals surface area contributed by atoms with Crippen molar-refractivity contribution < 1.29 is 9.90 Å². The quantitative estimate of drug-likeness (QED) is 0.644. The highest BCUT2D eigenvalue weighted by atomic mass is 16.3. The Hall–Kier alpha value is -0.610. The van der Waals surface area contributed by atoms with Crippen LogP contribution in [-0.2, 0) is 4.79 Å². The highest BCUT2D eigenvalue weighted by Gasteiger charge is 2.25. The van der Waals surface area contributed by atoms with Crippen LogP contribution in [0, 0.1) is 17.8 Å². The first-order valence-electron chi connectivity index (χ1n) is 6.72. The maximum atomic E-state index is 11.8. The summed E-state index contributed by atoms with van der Waals surface area (Å²) in [5.74, 6) is 0.959. The minimum absolute atomic E-state index is 0.0103. The molecule has 0 aromatic rings. The summed E-state index contributed by atoms with van der Waals surface area (Å²) in [6.07, 6.45) is 4.67. The molecule has 0 aromatic carbocycles.